The molecule has 0 unspecified atom stereocenters. The Bertz CT molecular complexity index is 198. The first-order valence-corrected chi connectivity index (χ1v) is 5.72. The molecule has 3 heteroatoms. The lowest BCUT2D eigenvalue weighted by atomic mass is 9.99. The summed E-state index contributed by atoms with van der Waals surface area (Å²) in [6.45, 7) is 3.37. The Labute approximate surface area is 86.0 Å². The highest BCUT2D eigenvalue weighted by molar-refractivity contribution is 5.00. The number of aliphatic hydroxyl groups excluding tert-OH is 1. The lowest BCUT2D eigenvalue weighted by Crippen LogP contribution is -2.47. The average molecular weight is 199 g/mol. The molecule has 0 radical (unpaired) electrons. The van der Waals surface area contributed by atoms with E-state index in [1.165, 1.54) is 6.42 Å². The molecule has 3 nitrogen and oxygen atoms in total. The van der Waals surface area contributed by atoms with Crippen LogP contribution in [-0.4, -0.2) is 48.0 Å². The Hall–Kier alpha value is -0.120. The third-order valence-corrected chi connectivity index (χ3v) is 3.67. The van der Waals surface area contributed by atoms with Gasteiger partial charge in [-0.05, 0) is 32.2 Å². The number of hydrogen-bond donors (Lipinski definition) is 1. The summed E-state index contributed by atoms with van der Waals surface area (Å²) in [5.41, 5.74) is 0. The molecule has 2 aliphatic heterocycles. The molecule has 2 bridgehead atoms. The van der Waals surface area contributed by atoms with E-state index in [1.54, 1.807) is 7.11 Å². The average Bonchev–Trinajstić information content (AvgIpc) is 2.39. The van der Waals surface area contributed by atoms with Crippen molar-refractivity contribution in [3.8, 4) is 0 Å². The fraction of sp³-hybridized carbons (Fsp3) is 1.00. The topological polar surface area (TPSA) is 32.7 Å². The van der Waals surface area contributed by atoms with Gasteiger partial charge in [-0.2, -0.15) is 0 Å². The molecule has 0 spiro atoms. The maximum atomic E-state index is 9.71. The molecule has 0 aromatic rings. The molecule has 4 atom stereocenters. The van der Waals surface area contributed by atoms with Crippen LogP contribution in [0.15, 0.2) is 0 Å². The van der Waals surface area contributed by atoms with Crippen molar-refractivity contribution in [3.05, 3.63) is 0 Å². The SMILES string of the molecule is CCCN1[C@H]2C[C@H](O)C[C@@H]1[C@@H](OC)C2. The first kappa shape index (κ1) is 10.4. The van der Waals surface area contributed by atoms with E-state index in [-0.39, 0.29) is 6.10 Å². The molecule has 0 aliphatic carbocycles. The second kappa shape index (κ2) is 4.17. The summed E-state index contributed by atoms with van der Waals surface area (Å²) in [6, 6.07) is 1.03. The minimum atomic E-state index is -0.0988. The molecule has 0 saturated carbocycles. The van der Waals surface area contributed by atoms with Crippen molar-refractivity contribution in [1.82, 2.24) is 4.90 Å². The number of piperidine rings is 1. The van der Waals surface area contributed by atoms with Crippen molar-refractivity contribution < 1.29 is 9.84 Å². The van der Waals surface area contributed by atoms with Crippen LogP contribution in [0.5, 0.6) is 0 Å². The number of aliphatic hydroxyl groups is 1. The summed E-state index contributed by atoms with van der Waals surface area (Å²) < 4.78 is 5.50. The Balaban J connectivity index is 2.07. The van der Waals surface area contributed by atoms with Crippen LogP contribution in [0.1, 0.15) is 32.6 Å². The van der Waals surface area contributed by atoms with Gasteiger partial charge in [0.25, 0.3) is 0 Å². The smallest absolute Gasteiger partial charge is 0.0742 e. The van der Waals surface area contributed by atoms with E-state index in [4.69, 9.17) is 4.74 Å². The summed E-state index contributed by atoms with van der Waals surface area (Å²) >= 11 is 0. The van der Waals surface area contributed by atoms with Gasteiger partial charge < -0.3 is 9.84 Å². The van der Waals surface area contributed by atoms with E-state index >= 15 is 0 Å². The minimum absolute atomic E-state index is 0.0988. The van der Waals surface area contributed by atoms with Gasteiger partial charge in [0.2, 0.25) is 0 Å². The number of rotatable bonds is 3. The molecule has 2 rings (SSSR count). The number of methoxy groups -OCH3 is 1. The normalized spacial score (nSPS) is 43.1. The third kappa shape index (κ3) is 1.69. The summed E-state index contributed by atoms with van der Waals surface area (Å²) in [7, 11) is 1.79. The van der Waals surface area contributed by atoms with E-state index in [0.29, 0.717) is 18.2 Å². The fourth-order valence-electron chi connectivity index (χ4n) is 3.11. The van der Waals surface area contributed by atoms with Crippen LogP contribution in [0, 0.1) is 0 Å². The molecule has 82 valence electrons. The maximum Gasteiger partial charge on any atom is 0.0742 e. The summed E-state index contributed by atoms with van der Waals surface area (Å²) in [5, 5.41) is 9.71. The fourth-order valence-corrected chi connectivity index (χ4v) is 3.11. The van der Waals surface area contributed by atoms with Gasteiger partial charge >= 0.3 is 0 Å². The Morgan fingerprint density at radius 1 is 1.36 bits per heavy atom. The van der Waals surface area contributed by atoms with Gasteiger partial charge in [-0.15, -0.1) is 0 Å². The highest BCUT2D eigenvalue weighted by atomic mass is 16.5. The molecule has 2 fully saturated rings. The zero-order valence-corrected chi connectivity index (χ0v) is 9.15. The second-order valence-electron chi connectivity index (χ2n) is 4.59. The van der Waals surface area contributed by atoms with Gasteiger partial charge in [-0.25, -0.2) is 0 Å². The van der Waals surface area contributed by atoms with Crippen molar-refractivity contribution in [1.29, 1.82) is 0 Å². The monoisotopic (exact) mass is 199 g/mol. The van der Waals surface area contributed by atoms with Crippen molar-refractivity contribution in [2.45, 2.75) is 56.9 Å². The van der Waals surface area contributed by atoms with Crippen LogP contribution in [-0.2, 0) is 4.74 Å². The summed E-state index contributed by atoms with van der Waals surface area (Å²) in [5.74, 6) is 0. The second-order valence-corrected chi connectivity index (χ2v) is 4.59. The standard InChI is InChI=1S/C11H21NO2/c1-3-4-12-8-5-9(13)7-10(12)11(6-8)14-2/h8-11,13H,3-7H2,1-2H3/t8-,9-,10+,11-/m0/s1. The zero-order chi connectivity index (χ0) is 10.1. The van der Waals surface area contributed by atoms with Gasteiger partial charge in [0.1, 0.15) is 0 Å². The van der Waals surface area contributed by atoms with Gasteiger partial charge in [-0.3, -0.25) is 4.90 Å². The van der Waals surface area contributed by atoms with Crippen LogP contribution in [0.4, 0.5) is 0 Å². The first-order chi connectivity index (χ1) is 6.76. The Morgan fingerprint density at radius 3 is 2.79 bits per heavy atom. The van der Waals surface area contributed by atoms with E-state index in [2.05, 4.69) is 11.8 Å². The van der Waals surface area contributed by atoms with Gasteiger partial charge in [0.05, 0.1) is 12.2 Å². The molecule has 0 aromatic carbocycles. The highest BCUT2D eigenvalue weighted by Gasteiger charge is 2.45. The van der Waals surface area contributed by atoms with Crippen molar-refractivity contribution >= 4 is 0 Å². The molecule has 2 saturated heterocycles. The van der Waals surface area contributed by atoms with Crippen molar-refractivity contribution in [2.24, 2.45) is 0 Å². The quantitative estimate of drug-likeness (QED) is 0.736. The molecule has 0 amide bonds. The number of hydrogen-bond acceptors (Lipinski definition) is 3. The van der Waals surface area contributed by atoms with Crippen LogP contribution in [0.2, 0.25) is 0 Å². The van der Waals surface area contributed by atoms with Gasteiger partial charge in [0, 0.05) is 19.2 Å². The van der Waals surface area contributed by atoms with Crippen molar-refractivity contribution in [3.63, 3.8) is 0 Å². The van der Waals surface area contributed by atoms with E-state index < -0.39 is 0 Å². The zero-order valence-electron chi connectivity index (χ0n) is 9.15. The molecule has 2 heterocycles. The van der Waals surface area contributed by atoms with Crippen LogP contribution in [0.3, 0.4) is 0 Å². The molecule has 2 aliphatic rings. The molecular weight excluding hydrogens is 178 g/mol. The lowest BCUT2D eigenvalue weighted by Gasteiger charge is -2.37. The largest absolute Gasteiger partial charge is 0.393 e. The number of nitrogens with zero attached hydrogens (tertiary/aromatic N) is 1. The van der Waals surface area contributed by atoms with Crippen LogP contribution >= 0.6 is 0 Å². The lowest BCUT2D eigenvalue weighted by molar-refractivity contribution is 0.00329. The predicted octanol–water partition coefficient (Wildman–Crippen LogP) is 1.01. The molecular formula is C11H21NO2. The van der Waals surface area contributed by atoms with Crippen LogP contribution in [0.25, 0.3) is 0 Å². The van der Waals surface area contributed by atoms with Crippen LogP contribution < -0.4 is 0 Å². The highest BCUT2D eigenvalue weighted by Crippen LogP contribution is 2.37. The summed E-state index contributed by atoms with van der Waals surface area (Å²) in [6.07, 6.45) is 4.39. The maximum absolute atomic E-state index is 9.71. The van der Waals surface area contributed by atoms with E-state index in [9.17, 15) is 5.11 Å². The number of ether oxygens (including phenoxy) is 1. The van der Waals surface area contributed by atoms with Gasteiger partial charge in [-0.1, -0.05) is 6.92 Å². The van der Waals surface area contributed by atoms with Gasteiger partial charge in [0.15, 0.2) is 0 Å². The van der Waals surface area contributed by atoms with E-state index in [1.807, 2.05) is 0 Å². The van der Waals surface area contributed by atoms with E-state index in [0.717, 1.165) is 25.8 Å². The predicted molar refractivity (Wildman–Crippen MR) is 55.2 cm³/mol. The molecule has 14 heavy (non-hydrogen) atoms. The minimum Gasteiger partial charge on any atom is -0.393 e. The Kier molecular flexibility index (Phi) is 3.10. The van der Waals surface area contributed by atoms with Crippen molar-refractivity contribution in [2.75, 3.05) is 13.7 Å². The summed E-state index contributed by atoms with van der Waals surface area (Å²) in [4.78, 5) is 2.54. The molecule has 0 aromatic heterocycles. The molecule has 1 N–H and O–H groups in total. The first-order valence-electron chi connectivity index (χ1n) is 5.72. The Morgan fingerprint density at radius 2 is 2.14 bits per heavy atom. The number of fused-ring (bicyclic) bond motifs is 2. The third-order valence-electron chi connectivity index (χ3n) is 3.67.